The SMILES string of the molecule is Nc1nc(NC2CCCc3ccccc32)c(Cl)cc1Cl. The van der Waals surface area contributed by atoms with Gasteiger partial charge in [-0.2, -0.15) is 0 Å². The molecule has 3 nitrogen and oxygen atoms in total. The Morgan fingerprint density at radius 1 is 1.20 bits per heavy atom. The predicted octanol–water partition coefficient (Wildman–Crippen LogP) is 4.46. The molecule has 1 aliphatic carbocycles. The minimum Gasteiger partial charge on any atom is -0.382 e. The lowest BCUT2D eigenvalue weighted by atomic mass is 9.88. The van der Waals surface area contributed by atoms with Crippen LogP contribution in [0.4, 0.5) is 11.6 Å². The van der Waals surface area contributed by atoms with Crippen LogP contribution in [0, 0.1) is 0 Å². The first-order valence-electron chi connectivity index (χ1n) is 6.61. The molecule has 0 radical (unpaired) electrons. The number of hydrogen-bond acceptors (Lipinski definition) is 3. The molecular weight excluding hydrogens is 293 g/mol. The smallest absolute Gasteiger partial charge is 0.147 e. The Kier molecular flexibility index (Phi) is 3.72. The number of pyridine rings is 1. The van der Waals surface area contributed by atoms with E-state index in [2.05, 4.69) is 34.6 Å². The number of fused-ring (bicyclic) bond motifs is 1. The number of nitrogen functional groups attached to an aromatic ring is 1. The molecule has 0 bridgehead atoms. The molecule has 1 aliphatic rings. The van der Waals surface area contributed by atoms with E-state index in [4.69, 9.17) is 28.9 Å². The van der Waals surface area contributed by atoms with Crippen LogP contribution in [-0.2, 0) is 6.42 Å². The maximum Gasteiger partial charge on any atom is 0.147 e. The van der Waals surface area contributed by atoms with Crippen molar-refractivity contribution in [3.8, 4) is 0 Å². The van der Waals surface area contributed by atoms with Crippen LogP contribution in [0.3, 0.4) is 0 Å². The number of aromatic nitrogens is 1. The van der Waals surface area contributed by atoms with E-state index in [1.165, 1.54) is 11.1 Å². The molecular formula is C15H15Cl2N3. The molecule has 20 heavy (non-hydrogen) atoms. The van der Waals surface area contributed by atoms with Crippen LogP contribution >= 0.6 is 23.2 Å². The van der Waals surface area contributed by atoms with Gasteiger partial charge < -0.3 is 11.1 Å². The molecule has 0 aliphatic heterocycles. The van der Waals surface area contributed by atoms with E-state index < -0.39 is 0 Å². The highest BCUT2D eigenvalue weighted by Gasteiger charge is 2.21. The summed E-state index contributed by atoms with van der Waals surface area (Å²) >= 11 is 12.1. The molecule has 1 unspecified atom stereocenters. The third-order valence-corrected chi connectivity index (χ3v) is 4.23. The Morgan fingerprint density at radius 2 is 2.00 bits per heavy atom. The van der Waals surface area contributed by atoms with Gasteiger partial charge in [0.2, 0.25) is 0 Å². The first-order chi connectivity index (χ1) is 9.65. The molecule has 1 aromatic carbocycles. The number of rotatable bonds is 2. The van der Waals surface area contributed by atoms with E-state index in [-0.39, 0.29) is 6.04 Å². The first kappa shape index (κ1) is 13.5. The maximum absolute atomic E-state index is 6.18. The number of halogens is 2. The number of nitrogens with two attached hydrogens (primary N) is 1. The summed E-state index contributed by atoms with van der Waals surface area (Å²) in [6, 6.07) is 10.3. The lowest BCUT2D eigenvalue weighted by Gasteiger charge is -2.27. The number of nitrogens with one attached hydrogen (secondary N) is 1. The average Bonchev–Trinajstić information content (AvgIpc) is 2.45. The molecule has 3 rings (SSSR count). The molecule has 1 heterocycles. The third kappa shape index (κ3) is 2.56. The summed E-state index contributed by atoms with van der Waals surface area (Å²) in [5.41, 5.74) is 8.44. The van der Waals surface area contributed by atoms with E-state index in [1.807, 2.05) is 0 Å². The summed E-state index contributed by atoms with van der Waals surface area (Å²) in [5.74, 6) is 0.887. The summed E-state index contributed by atoms with van der Waals surface area (Å²) in [4.78, 5) is 4.24. The van der Waals surface area contributed by atoms with Gasteiger partial charge in [0, 0.05) is 0 Å². The Balaban J connectivity index is 1.91. The van der Waals surface area contributed by atoms with Crippen molar-refractivity contribution in [3.63, 3.8) is 0 Å². The van der Waals surface area contributed by atoms with Gasteiger partial charge in [0.15, 0.2) is 0 Å². The van der Waals surface area contributed by atoms with Crippen LogP contribution in [0.1, 0.15) is 30.0 Å². The molecule has 1 aromatic heterocycles. The molecule has 104 valence electrons. The summed E-state index contributed by atoms with van der Waals surface area (Å²) < 4.78 is 0. The van der Waals surface area contributed by atoms with Crippen molar-refractivity contribution < 1.29 is 0 Å². The van der Waals surface area contributed by atoms with E-state index in [1.54, 1.807) is 6.07 Å². The van der Waals surface area contributed by atoms with Gasteiger partial charge >= 0.3 is 0 Å². The fraction of sp³-hybridized carbons (Fsp3) is 0.267. The lowest BCUT2D eigenvalue weighted by Crippen LogP contribution is -2.18. The van der Waals surface area contributed by atoms with Crippen molar-refractivity contribution in [2.75, 3.05) is 11.1 Å². The van der Waals surface area contributed by atoms with E-state index in [9.17, 15) is 0 Å². The van der Waals surface area contributed by atoms with Crippen LogP contribution in [-0.4, -0.2) is 4.98 Å². The largest absolute Gasteiger partial charge is 0.382 e. The number of hydrogen-bond donors (Lipinski definition) is 2. The van der Waals surface area contributed by atoms with Gasteiger partial charge in [-0.25, -0.2) is 4.98 Å². The second-order valence-electron chi connectivity index (χ2n) is 4.97. The Labute approximate surface area is 128 Å². The average molecular weight is 308 g/mol. The quantitative estimate of drug-likeness (QED) is 0.861. The van der Waals surface area contributed by atoms with Crippen molar-refractivity contribution in [2.24, 2.45) is 0 Å². The monoisotopic (exact) mass is 307 g/mol. The van der Waals surface area contributed by atoms with Crippen LogP contribution < -0.4 is 11.1 Å². The van der Waals surface area contributed by atoms with Crippen LogP contribution in [0.25, 0.3) is 0 Å². The van der Waals surface area contributed by atoms with Gasteiger partial charge in [-0.05, 0) is 36.5 Å². The highest BCUT2D eigenvalue weighted by molar-refractivity contribution is 6.37. The fourth-order valence-electron chi connectivity index (χ4n) is 2.65. The summed E-state index contributed by atoms with van der Waals surface area (Å²) in [6.07, 6.45) is 3.32. The zero-order valence-electron chi connectivity index (χ0n) is 10.9. The Hall–Kier alpha value is -1.45. The molecule has 5 heteroatoms. The standard InChI is InChI=1S/C15H15Cl2N3/c16-11-8-12(17)15(20-14(11)18)19-13-7-3-5-9-4-1-2-6-10(9)13/h1-2,4,6,8,13H,3,5,7H2,(H3,18,19,20). The molecule has 1 atom stereocenters. The number of benzene rings is 1. The van der Waals surface area contributed by atoms with Crippen molar-refractivity contribution in [1.29, 1.82) is 0 Å². The van der Waals surface area contributed by atoms with Gasteiger partial charge in [-0.15, -0.1) is 0 Å². The molecule has 0 spiro atoms. The Bertz CT molecular complexity index is 643. The molecule has 2 aromatic rings. The van der Waals surface area contributed by atoms with Gasteiger partial charge in [-0.3, -0.25) is 0 Å². The van der Waals surface area contributed by atoms with Crippen molar-refractivity contribution in [2.45, 2.75) is 25.3 Å². The van der Waals surface area contributed by atoms with Crippen LogP contribution in [0.15, 0.2) is 30.3 Å². The van der Waals surface area contributed by atoms with E-state index in [0.717, 1.165) is 19.3 Å². The lowest BCUT2D eigenvalue weighted by molar-refractivity contribution is 0.599. The second kappa shape index (κ2) is 5.51. The topological polar surface area (TPSA) is 50.9 Å². The van der Waals surface area contributed by atoms with Gasteiger partial charge in [0.1, 0.15) is 11.6 Å². The van der Waals surface area contributed by atoms with Gasteiger partial charge in [-0.1, -0.05) is 47.5 Å². The Morgan fingerprint density at radius 3 is 2.85 bits per heavy atom. The third-order valence-electron chi connectivity index (χ3n) is 3.64. The van der Waals surface area contributed by atoms with Crippen molar-refractivity contribution in [1.82, 2.24) is 4.98 Å². The molecule has 3 N–H and O–H groups in total. The van der Waals surface area contributed by atoms with Gasteiger partial charge in [0.05, 0.1) is 16.1 Å². The molecule has 0 amide bonds. The van der Waals surface area contributed by atoms with Crippen molar-refractivity contribution in [3.05, 3.63) is 51.5 Å². The number of aryl methyl sites for hydroxylation is 1. The minimum absolute atomic E-state index is 0.213. The minimum atomic E-state index is 0.213. The predicted molar refractivity (Wildman–Crippen MR) is 84.4 cm³/mol. The highest BCUT2D eigenvalue weighted by atomic mass is 35.5. The number of anilines is 2. The van der Waals surface area contributed by atoms with Crippen LogP contribution in [0.2, 0.25) is 10.0 Å². The van der Waals surface area contributed by atoms with Crippen molar-refractivity contribution >= 4 is 34.8 Å². The normalized spacial score (nSPS) is 17.6. The highest BCUT2D eigenvalue weighted by Crippen LogP contribution is 2.35. The second-order valence-corrected chi connectivity index (χ2v) is 5.79. The van der Waals surface area contributed by atoms with E-state index >= 15 is 0 Å². The fourth-order valence-corrected chi connectivity index (χ4v) is 3.06. The summed E-state index contributed by atoms with van der Waals surface area (Å²) in [5, 5.41) is 4.26. The van der Waals surface area contributed by atoms with Crippen LogP contribution in [0.5, 0.6) is 0 Å². The summed E-state index contributed by atoms with van der Waals surface area (Å²) in [7, 11) is 0. The molecule has 0 saturated carbocycles. The first-order valence-corrected chi connectivity index (χ1v) is 7.36. The zero-order chi connectivity index (χ0) is 14.1. The van der Waals surface area contributed by atoms with Gasteiger partial charge in [0.25, 0.3) is 0 Å². The molecule has 0 fully saturated rings. The zero-order valence-corrected chi connectivity index (χ0v) is 12.4. The summed E-state index contributed by atoms with van der Waals surface area (Å²) in [6.45, 7) is 0. The molecule has 0 saturated heterocycles. The van der Waals surface area contributed by atoms with E-state index in [0.29, 0.717) is 21.7 Å². The maximum atomic E-state index is 6.18. The number of nitrogens with zero attached hydrogens (tertiary/aromatic N) is 1.